The molecule has 0 aliphatic carbocycles. The molecule has 0 saturated heterocycles. The number of hydrogen-bond acceptors (Lipinski definition) is 7. The van der Waals surface area contributed by atoms with Gasteiger partial charge < -0.3 is 31.6 Å². The van der Waals surface area contributed by atoms with Crippen LogP contribution in [0.15, 0.2) is 91.1 Å². The largest absolute Gasteiger partial charge is 0.497 e. The number of methoxy groups -OCH3 is 1. The summed E-state index contributed by atoms with van der Waals surface area (Å²) >= 11 is 0. The van der Waals surface area contributed by atoms with E-state index >= 15 is 0 Å². The van der Waals surface area contributed by atoms with Crippen molar-refractivity contribution in [1.82, 2.24) is 15.6 Å². The molecule has 1 aromatic heterocycles. The molecule has 3 aromatic carbocycles. The molecule has 1 heterocycles. The lowest BCUT2D eigenvalue weighted by molar-refractivity contribution is -0.129. The topological polar surface area (TPSA) is 159 Å². The van der Waals surface area contributed by atoms with Crippen molar-refractivity contribution in [1.29, 1.82) is 0 Å². The van der Waals surface area contributed by atoms with Crippen molar-refractivity contribution in [3.8, 4) is 11.5 Å². The summed E-state index contributed by atoms with van der Waals surface area (Å²) in [6, 6.07) is 24.2. The van der Waals surface area contributed by atoms with Gasteiger partial charge in [0.25, 0.3) is 0 Å². The zero-order valence-corrected chi connectivity index (χ0v) is 25.5. The van der Waals surface area contributed by atoms with Crippen LogP contribution in [-0.2, 0) is 35.5 Å². The molecule has 45 heavy (non-hydrogen) atoms. The summed E-state index contributed by atoms with van der Waals surface area (Å²) in [4.78, 5) is 44.7. The normalized spacial score (nSPS) is 12.1. The summed E-state index contributed by atoms with van der Waals surface area (Å²) in [5.41, 5.74) is 15.4. The SMILES string of the molecule is CCOc1ccc(C[C@@H](C(=O)N[C@@H](Cc2ccccn2)C(=O)NCc2ccc(CN)cc2)c2cc(OC)ccc2C(N)=O)cc1. The maximum Gasteiger partial charge on any atom is 0.249 e. The smallest absolute Gasteiger partial charge is 0.249 e. The number of amides is 3. The number of pyridine rings is 1. The van der Waals surface area contributed by atoms with Crippen molar-refractivity contribution < 1.29 is 23.9 Å². The van der Waals surface area contributed by atoms with Gasteiger partial charge in [-0.1, -0.05) is 42.5 Å². The summed E-state index contributed by atoms with van der Waals surface area (Å²) in [6.45, 7) is 3.11. The van der Waals surface area contributed by atoms with E-state index < -0.39 is 23.8 Å². The number of rotatable bonds is 15. The van der Waals surface area contributed by atoms with Crippen LogP contribution in [0, 0.1) is 0 Å². The zero-order valence-electron chi connectivity index (χ0n) is 25.5. The quantitative estimate of drug-likeness (QED) is 0.161. The average Bonchev–Trinajstić information content (AvgIpc) is 3.07. The highest BCUT2D eigenvalue weighted by atomic mass is 16.5. The van der Waals surface area contributed by atoms with Crippen LogP contribution in [0.3, 0.4) is 0 Å². The maximum absolute atomic E-state index is 14.2. The number of nitrogens with one attached hydrogen (secondary N) is 2. The molecule has 4 aromatic rings. The van der Waals surface area contributed by atoms with Crippen LogP contribution in [0.25, 0.3) is 0 Å². The second kappa shape index (κ2) is 16.0. The molecule has 0 aliphatic heterocycles. The van der Waals surface area contributed by atoms with Gasteiger partial charge in [0.05, 0.1) is 19.6 Å². The van der Waals surface area contributed by atoms with Crippen molar-refractivity contribution in [2.24, 2.45) is 11.5 Å². The van der Waals surface area contributed by atoms with Crippen LogP contribution >= 0.6 is 0 Å². The number of ether oxygens (including phenoxy) is 2. The van der Waals surface area contributed by atoms with E-state index in [1.165, 1.54) is 7.11 Å². The fourth-order valence-corrected chi connectivity index (χ4v) is 4.96. The molecule has 10 nitrogen and oxygen atoms in total. The molecule has 10 heteroatoms. The van der Waals surface area contributed by atoms with Crippen LogP contribution in [0.1, 0.15) is 51.1 Å². The second-order valence-corrected chi connectivity index (χ2v) is 10.5. The highest BCUT2D eigenvalue weighted by molar-refractivity contribution is 5.98. The van der Waals surface area contributed by atoms with Gasteiger partial charge in [0.2, 0.25) is 17.7 Å². The first-order valence-electron chi connectivity index (χ1n) is 14.8. The second-order valence-electron chi connectivity index (χ2n) is 10.5. The molecular weight excluding hydrogens is 570 g/mol. The molecule has 6 N–H and O–H groups in total. The number of carbonyl (C=O) groups excluding carboxylic acids is 3. The Morgan fingerprint density at radius 3 is 2.16 bits per heavy atom. The van der Waals surface area contributed by atoms with E-state index in [1.54, 1.807) is 36.5 Å². The van der Waals surface area contributed by atoms with Crippen molar-refractivity contribution in [3.63, 3.8) is 0 Å². The van der Waals surface area contributed by atoms with Crippen LogP contribution in [0.2, 0.25) is 0 Å². The minimum absolute atomic E-state index is 0.154. The van der Waals surface area contributed by atoms with Crippen LogP contribution < -0.4 is 31.6 Å². The molecule has 0 aliphatic rings. The Bertz CT molecular complexity index is 1580. The Morgan fingerprint density at radius 1 is 0.844 bits per heavy atom. The third kappa shape index (κ3) is 9.14. The number of nitrogens with zero attached hydrogens (tertiary/aromatic N) is 1. The van der Waals surface area contributed by atoms with Gasteiger partial charge in [-0.2, -0.15) is 0 Å². The lowest BCUT2D eigenvalue weighted by Gasteiger charge is -2.24. The van der Waals surface area contributed by atoms with Crippen molar-refractivity contribution in [2.45, 2.75) is 44.8 Å². The van der Waals surface area contributed by atoms with E-state index in [4.69, 9.17) is 20.9 Å². The standard InChI is InChI=1S/C35H39N5O5/c1-3-45-27-13-11-23(12-14-27)18-31(30-20-28(44-2)15-16-29(30)33(37)41)34(42)40-32(19-26-6-4-5-17-38-26)35(43)39-22-25-9-7-24(21-36)8-10-25/h4-17,20,31-32H,3,18-19,21-22,36H2,1-2H3,(H2,37,41)(H,39,43)(H,40,42)/t31-,32+/m1/s1. The minimum atomic E-state index is -0.957. The number of carbonyl (C=O) groups is 3. The first-order chi connectivity index (χ1) is 21.8. The first kappa shape index (κ1) is 32.7. The van der Waals surface area contributed by atoms with E-state index in [1.807, 2.05) is 61.5 Å². The van der Waals surface area contributed by atoms with Gasteiger partial charge in [0.1, 0.15) is 17.5 Å². The zero-order chi connectivity index (χ0) is 32.2. The summed E-state index contributed by atoms with van der Waals surface area (Å²) < 4.78 is 11.0. The van der Waals surface area contributed by atoms with Crippen molar-refractivity contribution in [3.05, 3.63) is 125 Å². The first-order valence-corrected chi connectivity index (χ1v) is 14.8. The molecule has 234 valence electrons. The number of nitrogens with two attached hydrogens (primary N) is 2. The van der Waals surface area contributed by atoms with Crippen molar-refractivity contribution >= 4 is 17.7 Å². The highest BCUT2D eigenvalue weighted by Gasteiger charge is 2.30. The number of hydrogen-bond donors (Lipinski definition) is 4. The van der Waals surface area contributed by atoms with E-state index in [9.17, 15) is 14.4 Å². The van der Waals surface area contributed by atoms with E-state index in [-0.39, 0.29) is 30.9 Å². The summed E-state index contributed by atoms with van der Waals surface area (Å²) in [7, 11) is 1.50. The molecule has 2 atom stereocenters. The summed E-state index contributed by atoms with van der Waals surface area (Å²) in [6.07, 6.45) is 2.01. The third-order valence-electron chi connectivity index (χ3n) is 7.39. The number of aromatic nitrogens is 1. The Labute approximate surface area is 263 Å². The fraction of sp³-hybridized carbons (Fsp3) is 0.257. The highest BCUT2D eigenvalue weighted by Crippen LogP contribution is 2.29. The molecule has 0 unspecified atom stereocenters. The molecule has 3 amide bonds. The minimum Gasteiger partial charge on any atom is -0.497 e. The molecule has 0 saturated carbocycles. The lowest BCUT2D eigenvalue weighted by Crippen LogP contribution is -2.49. The van der Waals surface area contributed by atoms with E-state index in [2.05, 4.69) is 15.6 Å². The van der Waals surface area contributed by atoms with Crippen LogP contribution in [0.4, 0.5) is 0 Å². The van der Waals surface area contributed by atoms with Gasteiger partial charge in [0, 0.05) is 37.0 Å². The van der Waals surface area contributed by atoms with Gasteiger partial charge in [-0.05, 0) is 78.1 Å². The molecule has 0 fully saturated rings. The van der Waals surface area contributed by atoms with Crippen molar-refractivity contribution in [2.75, 3.05) is 13.7 Å². The van der Waals surface area contributed by atoms with E-state index in [0.29, 0.717) is 35.9 Å². The van der Waals surface area contributed by atoms with Crippen LogP contribution in [0.5, 0.6) is 11.5 Å². The van der Waals surface area contributed by atoms with Crippen LogP contribution in [-0.4, -0.2) is 42.5 Å². The van der Waals surface area contributed by atoms with Gasteiger partial charge in [0.15, 0.2) is 0 Å². The number of benzene rings is 3. The fourth-order valence-electron chi connectivity index (χ4n) is 4.96. The van der Waals surface area contributed by atoms with Gasteiger partial charge in [-0.25, -0.2) is 0 Å². The number of primary amides is 1. The predicted molar refractivity (Wildman–Crippen MR) is 172 cm³/mol. The third-order valence-corrected chi connectivity index (χ3v) is 7.39. The Balaban J connectivity index is 1.65. The maximum atomic E-state index is 14.2. The molecule has 0 radical (unpaired) electrons. The van der Waals surface area contributed by atoms with Gasteiger partial charge in [-0.3, -0.25) is 19.4 Å². The molecule has 0 bridgehead atoms. The molecular formula is C35H39N5O5. The Kier molecular flexibility index (Phi) is 11.6. The summed E-state index contributed by atoms with van der Waals surface area (Å²) in [5.74, 6) is -1.24. The van der Waals surface area contributed by atoms with E-state index in [0.717, 1.165) is 16.7 Å². The lowest BCUT2D eigenvalue weighted by atomic mass is 9.87. The Hall–Kier alpha value is -5.22. The molecule has 4 rings (SSSR count). The summed E-state index contributed by atoms with van der Waals surface area (Å²) in [5, 5.41) is 5.88. The van der Waals surface area contributed by atoms with Gasteiger partial charge in [-0.15, -0.1) is 0 Å². The van der Waals surface area contributed by atoms with Gasteiger partial charge >= 0.3 is 0 Å². The molecule has 0 spiro atoms. The predicted octanol–water partition coefficient (Wildman–Crippen LogP) is 3.42. The average molecular weight is 610 g/mol. The monoisotopic (exact) mass is 609 g/mol. The Morgan fingerprint density at radius 2 is 1.53 bits per heavy atom.